The second-order valence-electron chi connectivity index (χ2n) is 4.23. The molecule has 0 unspecified atom stereocenters. The van der Waals surface area contributed by atoms with E-state index in [1.165, 1.54) is 0 Å². The van der Waals surface area contributed by atoms with Crippen LogP contribution in [0.4, 0.5) is 4.79 Å². The molecule has 0 aliphatic carbocycles. The topological polar surface area (TPSA) is 124 Å². The lowest BCUT2D eigenvalue weighted by Gasteiger charge is -2.19. The molecule has 0 fully saturated rings. The van der Waals surface area contributed by atoms with Crippen molar-refractivity contribution in [3.8, 4) is 0 Å². The standard InChI is InChI=1S/C10H19N3O7/c1-7(2)12(5-9(14)15)13(17)11-19-6-18-10(16)20-8(3)4/h7-8H,5-6H2,1-4H3,(H,14,15). The van der Waals surface area contributed by atoms with Crippen LogP contribution in [0.15, 0.2) is 5.28 Å². The Morgan fingerprint density at radius 3 is 2.40 bits per heavy atom. The first-order valence-corrected chi connectivity index (χ1v) is 5.86. The van der Waals surface area contributed by atoms with Gasteiger partial charge in [0.2, 0.25) is 5.28 Å². The molecule has 0 rings (SSSR count). The van der Waals surface area contributed by atoms with Crippen LogP contribution in [-0.2, 0) is 19.1 Å². The van der Waals surface area contributed by atoms with E-state index in [-0.39, 0.29) is 11.1 Å². The molecule has 1 N–H and O–H groups in total. The number of hydrazine groups is 1. The quantitative estimate of drug-likeness (QED) is 0.176. The number of aliphatic carboxylic acids is 1. The molecule has 0 amide bonds. The van der Waals surface area contributed by atoms with E-state index in [0.29, 0.717) is 0 Å². The van der Waals surface area contributed by atoms with Crippen LogP contribution in [-0.4, -0.2) is 52.7 Å². The minimum Gasteiger partial charge on any atom is -0.569 e. The number of carboxylic acid groups (broad SMARTS) is 1. The largest absolute Gasteiger partial charge is 0.569 e. The molecule has 0 saturated heterocycles. The zero-order valence-electron chi connectivity index (χ0n) is 11.8. The summed E-state index contributed by atoms with van der Waals surface area (Å²) in [6.45, 7) is 5.34. The molecule has 0 aromatic carbocycles. The zero-order valence-corrected chi connectivity index (χ0v) is 11.8. The van der Waals surface area contributed by atoms with Crippen molar-refractivity contribution in [3.63, 3.8) is 0 Å². The molecular formula is C10H19N3O7. The molecule has 0 heterocycles. The number of hydrogen-bond donors (Lipinski definition) is 1. The van der Waals surface area contributed by atoms with Crippen molar-refractivity contribution < 1.29 is 34.0 Å². The van der Waals surface area contributed by atoms with Crippen molar-refractivity contribution in [3.05, 3.63) is 5.21 Å². The highest BCUT2D eigenvalue weighted by Gasteiger charge is 2.21. The first kappa shape index (κ1) is 17.7. The second kappa shape index (κ2) is 8.77. The molecule has 0 aromatic heterocycles. The van der Waals surface area contributed by atoms with Gasteiger partial charge in [0.15, 0.2) is 6.54 Å². The van der Waals surface area contributed by atoms with Gasteiger partial charge in [-0.2, -0.15) is 0 Å². The van der Waals surface area contributed by atoms with Crippen molar-refractivity contribution in [2.24, 2.45) is 5.28 Å². The number of hydrogen-bond acceptors (Lipinski definition) is 7. The van der Waals surface area contributed by atoms with Gasteiger partial charge in [0.1, 0.15) is 0 Å². The van der Waals surface area contributed by atoms with Crippen molar-refractivity contribution in [2.75, 3.05) is 13.3 Å². The summed E-state index contributed by atoms with van der Waals surface area (Å²) in [5.41, 5.74) is 0. The van der Waals surface area contributed by atoms with Crippen LogP contribution in [0.25, 0.3) is 0 Å². The molecule has 0 aliphatic heterocycles. The van der Waals surface area contributed by atoms with Gasteiger partial charge in [0.05, 0.1) is 17.1 Å². The maximum absolute atomic E-state index is 11.5. The molecule has 20 heavy (non-hydrogen) atoms. The predicted molar refractivity (Wildman–Crippen MR) is 64.2 cm³/mol. The number of ether oxygens (including phenoxy) is 2. The third-order valence-corrected chi connectivity index (χ3v) is 1.80. The average molecular weight is 293 g/mol. The minimum absolute atomic E-state index is 0.0179. The summed E-state index contributed by atoms with van der Waals surface area (Å²) in [5, 5.41) is 24.0. The summed E-state index contributed by atoms with van der Waals surface area (Å²) < 4.78 is 9.08. The van der Waals surface area contributed by atoms with Gasteiger partial charge in [-0.3, -0.25) is 4.79 Å². The summed E-state index contributed by atoms with van der Waals surface area (Å²) in [5.74, 6) is -1.19. The molecule has 116 valence electrons. The molecule has 0 bridgehead atoms. The monoisotopic (exact) mass is 293 g/mol. The third kappa shape index (κ3) is 7.95. The highest BCUT2D eigenvalue weighted by atomic mass is 16.8. The minimum atomic E-state index is -1.19. The fourth-order valence-electron chi connectivity index (χ4n) is 1.00. The van der Waals surface area contributed by atoms with Crippen LogP contribution in [0.2, 0.25) is 0 Å². The first-order valence-electron chi connectivity index (χ1n) is 5.86. The van der Waals surface area contributed by atoms with Gasteiger partial charge in [-0.15, -0.1) is 5.01 Å². The van der Waals surface area contributed by atoms with Crippen LogP contribution in [0.1, 0.15) is 27.7 Å². The smallest absolute Gasteiger partial charge is 0.511 e. The fraction of sp³-hybridized carbons (Fsp3) is 0.800. The normalized spacial score (nSPS) is 11.4. The summed E-state index contributed by atoms with van der Waals surface area (Å²) >= 11 is 0. The first-order chi connectivity index (χ1) is 9.23. The second-order valence-corrected chi connectivity index (χ2v) is 4.23. The van der Waals surface area contributed by atoms with E-state index in [1.54, 1.807) is 27.7 Å². The fourth-order valence-corrected chi connectivity index (χ4v) is 1.00. The molecule has 0 aromatic rings. The Kier molecular flexibility index (Phi) is 7.78. The van der Waals surface area contributed by atoms with E-state index in [0.717, 1.165) is 5.01 Å². The Labute approximate surface area is 116 Å². The Hall–Kier alpha value is -2.26. The molecule has 0 radical (unpaired) electrons. The SMILES string of the molecule is CC(C)OC(=O)OCON=[N+]([O-])N(CC(=O)O)C(C)C. The van der Waals surface area contributed by atoms with Gasteiger partial charge in [-0.25, -0.2) is 4.79 Å². The Morgan fingerprint density at radius 1 is 1.35 bits per heavy atom. The molecule has 0 aliphatic rings. The van der Waals surface area contributed by atoms with E-state index in [1.807, 2.05) is 0 Å². The maximum atomic E-state index is 11.5. The van der Waals surface area contributed by atoms with Crippen molar-refractivity contribution in [1.82, 2.24) is 5.01 Å². The van der Waals surface area contributed by atoms with E-state index in [2.05, 4.69) is 19.6 Å². The van der Waals surface area contributed by atoms with Crippen molar-refractivity contribution in [2.45, 2.75) is 39.8 Å². The molecule has 10 nitrogen and oxygen atoms in total. The average Bonchev–Trinajstić information content (AvgIpc) is 2.29. The van der Waals surface area contributed by atoms with Gasteiger partial charge < -0.3 is 24.6 Å². The number of carboxylic acids is 1. The highest BCUT2D eigenvalue weighted by molar-refractivity contribution is 5.68. The Balaban J connectivity index is 4.22. The van der Waals surface area contributed by atoms with Gasteiger partial charge >= 0.3 is 12.1 Å². The van der Waals surface area contributed by atoms with E-state index in [4.69, 9.17) is 5.11 Å². The summed E-state index contributed by atoms with van der Waals surface area (Å²) in [6, 6.07) is -0.400. The zero-order chi connectivity index (χ0) is 15.7. The molecule has 10 heteroatoms. The molecular weight excluding hydrogens is 274 g/mol. The number of nitrogens with zero attached hydrogens (tertiary/aromatic N) is 3. The predicted octanol–water partition coefficient (Wildman–Crippen LogP) is 1.11. The van der Waals surface area contributed by atoms with Crippen molar-refractivity contribution >= 4 is 12.1 Å². The van der Waals surface area contributed by atoms with Crippen molar-refractivity contribution in [1.29, 1.82) is 0 Å². The van der Waals surface area contributed by atoms with E-state index in [9.17, 15) is 14.8 Å². The summed E-state index contributed by atoms with van der Waals surface area (Å²) in [7, 11) is 0. The van der Waals surface area contributed by atoms with Gasteiger partial charge in [-0.1, -0.05) is 0 Å². The van der Waals surface area contributed by atoms with Crippen LogP contribution in [0.5, 0.6) is 0 Å². The third-order valence-electron chi connectivity index (χ3n) is 1.80. The van der Waals surface area contributed by atoms with Crippen LogP contribution < -0.4 is 0 Å². The van der Waals surface area contributed by atoms with Crippen LogP contribution >= 0.6 is 0 Å². The number of rotatable bonds is 8. The maximum Gasteiger partial charge on any atom is 0.511 e. The lowest BCUT2D eigenvalue weighted by Crippen LogP contribution is -2.40. The number of carbonyl (C=O) groups excluding carboxylic acids is 1. The molecule has 0 atom stereocenters. The Bertz CT molecular complexity index is 357. The lowest BCUT2D eigenvalue weighted by atomic mass is 10.4. The van der Waals surface area contributed by atoms with E-state index >= 15 is 0 Å². The summed E-state index contributed by atoms with van der Waals surface area (Å²) in [6.07, 6.45) is -1.30. The lowest BCUT2D eigenvalue weighted by molar-refractivity contribution is -0.716. The van der Waals surface area contributed by atoms with Gasteiger partial charge in [0.25, 0.3) is 6.79 Å². The van der Waals surface area contributed by atoms with Gasteiger partial charge in [0, 0.05) is 0 Å². The molecule has 0 saturated carbocycles. The van der Waals surface area contributed by atoms with Crippen LogP contribution in [0.3, 0.4) is 0 Å². The van der Waals surface area contributed by atoms with Gasteiger partial charge in [-0.05, 0) is 27.7 Å². The van der Waals surface area contributed by atoms with Crippen LogP contribution in [0, 0.1) is 5.21 Å². The molecule has 0 spiro atoms. The number of carbonyl (C=O) groups is 2. The Morgan fingerprint density at radius 2 is 1.95 bits per heavy atom. The van der Waals surface area contributed by atoms with E-state index < -0.39 is 31.5 Å². The summed E-state index contributed by atoms with van der Waals surface area (Å²) in [4.78, 5) is 25.9. The highest BCUT2D eigenvalue weighted by Crippen LogP contribution is 2.00.